The Morgan fingerprint density at radius 1 is 0.783 bits per heavy atom. The number of carbonyl (C=O) groups is 11. The number of amides is 10. The second-order valence-corrected chi connectivity index (χ2v) is 24.7. The lowest BCUT2D eigenvalue weighted by Crippen LogP contribution is -2.62. The first-order chi connectivity index (χ1) is 39.7. The van der Waals surface area contributed by atoms with E-state index in [-0.39, 0.29) is 61.9 Å². The molecule has 6 rings (SSSR count). The Balaban J connectivity index is 1.40. The fraction of sp³-hybridized carbons (Fsp3) is 0.589. The van der Waals surface area contributed by atoms with Gasteiger partial charge in [0.2, 0.25) is 59.1 Å². The van der Waals surface area contributed by atoms with Crippen molar-refractivity contribution in [1.29, 1.82) is 0 Å². The summed E-state index contributed by atoms with van der Waals surface area (Å²) in [7, 11) is 0. The van der Waals surface area contributed by atoms with Crippen LogP contribution in [0.15, 0.2) is 48.5 Å². The van der Waals surface area contributed by atoms with E-state index in [0.717, 1.165) is 29.5 Å². The Kier molecular flexibility index (Phi) is 24.9. The molecule has 0 aromatic heterocycles. The predicted octanol–water partition coefficient (Wildman–Crippen LogP) is -0.321. The Bertz CT molecular complexity index is 2690. The molecule has 83 heavy (non-hydrogen) atoms. The minimum absolute atomic E-state index is 0.144. The maximum absolute atomic E-state index is 14.7. The molecule has 27 heteroatoms. The molecule has 14 N–H and O–H groups in total. The fourth-order valence-electron chi connectivity index (χ4n) is 10.5. The van der Waals surface area contributed by atoms with Crippen molar-refractivity contribution in [1.82, 2.24) is 41.7 Å². The zero-order valence-corrected chi connectivity index (χ0v) is 49.4. The maximum atomic E-state index is 14.7. The van der Waals surface area contributed by atoms with Crippen LogP contribution in [0, 0.1) is 5.92 Å². The monoisotopic (exact) mass is 1210 g/mol. The van der Waals surface area contributed by atoms with Crippen LogP contribution in [0.3, 0.4) is 0 Å². The summed E-state index contributed by atoms with van der Waals surface area (Å²) in [5.74, 6) is -8.68. The molecule has 2 aromatic carbocycles. The van der Waals surface area contributed by atoms with Crippen LogP contribution in [0.2, 0.25) is 0 Å². The molecule has 3 fully saturated rings. The second kappa shape index (κ2) is 31.5. The molecule has 1 aliphatic carbocycles. The van der Waals surface area contributed by atoms with Gasteiger partial charge in [0.1, 0.15) is 47.8 Å². The van der Waals surface area contributed by atoms with E-state index in [1.54, 1.807) is 42.1 Å². The summed E-state index contributed by atoms with van der Waals surface area (Å²) < 4.78 is 0. The standard InChI is InChI=1S/C56H79N11O13S3/c1-3-4-6-15-45(70)60-41-31-83-29-36-23-34(27-81-21-18-57)22-35(24-36)28-82-30-40(49(73)65-56(55(59)80)26-37(56)54(78)79)63-48(72)39(25-33-11-7-5-8-12-33)62-47(71)38(16-17-44(58)69)61-51(75)46(32(2)68)64-50(74)42-13-9-19-66(42)53(77)43-14-10-20-67(43)52(41)76/h5,7-8,11-12,22-24,32,37-43,46,68H,3-4,6,9-10,13-21,25-31,57H2,1-2H3,(H2,58,69)(H2,59,80)(H,60,70)(H,61,75)(H,62,71)(H,63,72)(H,64,74)(H,65,73)(H,78,79)/t32-,37+,38+,39?,40+,41+,42+,43+,46+,56?/m1/s1. The number of thioether (sulfide) groups is 3. The average molecular weight is 1210 g/mol. The van der Waals surface area contributed by atoms with Crippen LogP contribution in [-0.4, -0.2) is 176 Å². The van der Waals surface area contributed by atoms with Crippen molar-refractivity contribution < 1.29 is 63.0 Å². The van der Waals surface area contributed by atoms with Gasteiger partial charge in [-0.2, -0.15) is 35.3 Å². The molecule has 1 saturated carbocycles. The van der Waals surface area contributed by atoms with E-state index in [0.29, 0.717) is 55.1 Å². The van der Waals surface area contributed by atoms with E-state index in [1.807, 2.05) is 25.1 Å². The summed E-state index contributed by atoms with van der Waals surface area (Å²) in [6.45, 7) is 4.06. The van der Waals surface area contributed by atoms with Gasteiger partial charge in [0.05, 0.1) is 12.0 Å². The minimum atomic E-state index is -1.95. The molecule has 3 aliphatic heterocycles. The number of nitrogens with zero attached hydrogens (tertiary/aromatic N) is 2. The molecule has 4 aliphatic rings. The van der Waals surface area contributed by atoms with Gasteiger partial charge in [-0.1, -0.05) is 68.3 Å². The second-order valence-electron chi connectivity index (χ2n) is 21.5. The van der Waals surface area contributed by atoms with Crippen molar-refractivity contribution in [2.24, 2.45) is 23.1 Å². The molecule has 2 unspecified atom stereocenters. The van der Waals surface area contributed by atoms with Gasteiger partial charge in [0, 0.05) is 73.4 Å². The lowest BCUT2D eigenvalue weighted by Gasteiger charge is -2.33. The number of carboxylic acid groups (broad SMARTS) is 1. The zero-order valence-electron chi connectivity index (χ0n) is 46.9. The van der Waals surface area contributed by atoms with Crippen LogP contribution in [0.4, 0.5) is 0 Å². The maximum Gasteiger partial charge on any atom is 0.309 e. The Hall–Kier alpha value is -6.42. The number of carbonyl (C=O) groups excluding carboxylic acids is 10. The van der Waals surface area contributed by atoms with Crippen molar-refractivity contribution in [2.75, 3.05) is 36.9 Å². The third-order valence-corrected chi connectivity index (χ3v) is 18.3. The Morgan fingerprint density at radius 3 is 2.04 bits per heavy atom. The Labute approximate surface area is 495 Å². The molecular formula is C56H79N11O13S3. The van der Waals surface area contributed by atoms with Gasteiger partial charge in [0.15, 0.2) is 0 Å². The van der Waals surface area contributed by atoms with Gasteiger partial charge < -0.3 is 69.1 Å². The van der Waals surface area contributed by atoms with Crippen LogP contribution in [0.25, 0.3) is 0 Å². The molecule has 0 spiro atoms. The number of rotatable bonds is 19. The first-order valence-corrected chi connectivity index (χ1v) is 31.6. The van der Waals surface area contributed by atoms with E-state index in [4.69, 9.17) is 17.2 Å². The first-order valence-electron chi connectivity index (χ1n) is 28.2. The lowest BCUT2D eigenvalue weighted by atomic mass is 10.0. The number of aliphatic carboxylic acids is 1. The van der Waals surface area contributed by atoms with E-state index in [2.05, 4.69) is 31.9 Å². The van der Waals surface area contributed by atoms with Crippen molar-refractivity contribution >= 4 is 100 Å². The number of carboxylic acids is 1. The molecule has 10 atom stereocenters. The number of unbranched alkanes of at least 4 members (excludes halogenated alkanes) is 2. The third-order valence-electron chi connectivity index (χ3n) is 15.0. The van der Waals surface area contributed by atoms with Crippen molar-refractivity contribution in [3.8, 4) is 0 Å². The third kappa shape index (κ3) is 18.5. The largest absolute Gasteiger partial charge is 0.481 e. The quantitative estimate of drug-likeness (QED) is 0.0803. The SMILES string of the molecule is CCCCCC(=O)N[C@H]1CSCc2cc(CSCCN)cc(c2)CSC[C@@H](C(=O)NC2(C(N)=O)C[C@H]2C(=O)O)NC(=O)C(Cc2ccccc2)NC(=O)[C@H](CCC(N)=O)NC(=O)[C@H]([C@@H](C)O)NC(=O)[C@@H]2CCCN2C(=O)[C@@H]2CCCN2C1=O. The number of hydrogen-bond donors (Lipinski definition) is 11. The van der Waals surface area contributed by atoms with E-state index in [9.17, 15) is 63.0 Å². The van der Waals surface area contributed by atoms with Crippen LogP contribution in [-0.2, 0) is 76.4 Å². The number of hydrogen-bond acceptors (Lipinski definition) is 16. The highest BCUT2D eigenvalue weighted by molar-refractivity contribution is 7.99. The summed E-state index contributed by atoms with van der Waals surface area (Å²) in [6, 6.07) is 5.03. The number of benzene rings is 2. The summed E-state index contributed by atoms with van der Waals surface area (Å²) in [5.41, 5.74) is 18.3. The highest BCUT2D eigenvalue weighted by Crippen LogP contribution is 2.43. The highest BCUT2D eigenvalue weighted by Gasteiger charge is 2.65. The number of fused-ring (bicyclic) bond motifs is 4. The van der Waals surface area contributed by atoms with E-state index < -0.39 is 132 Å². The number of nitrogens with two attached hydrogens (primary N) is 3. The fourth-order valence-corrected chi connectivity index (χ4v) is 13.2. The van der Waals surface area contributed by atoms with Crippen LogP contribution >= 0.6 is 35.3 Å². The molecule has 24 nitrogen and oxygen atoms in total. The molecule has 3 heterocycles. The van der Waals surface area contributed by atoms with E-state index >= 15 is 0 Å². The molecule has 2 saturated heterocycles. The Morgan fingerprint density at radius 2 is 1.42 bits per heavy atom. The van der Waals surface area contributed by atoms with Crippen LogP contribution in [0.5, 0.6) is 0 Å². The van der Waals surface area contributed by atoms with Gasteiger partial charge in [-0.25, -0.2) is 0 Å². The van der Waals surface area contributed by atoms with E-state index in [1.165, 1.54) is 40.2 Å². The predicted molar refractivity (Wildman–Crippen MR) is 313 cm³/mol. The minimum Gasteiger partial charge on any atom is -0.481 e. The number of nitrogens with one attached hydrogen (secondary N) is 6. The number of aliphatic hydroxyl groups excluding tert-OH is 1. The molecule has 10 amide bonds. The molecule has 0 radical (unpaired) electrons. The molecule has 2 aromatic rings. The van der Waals surface area contributed by atoms with Gasteiger partial charge in [-0.3, -0.25) is 52.7 Å². The topological polar surface area (TPSA) is 385 Å². The average Bonchev–Trinajstić information content (AvgIpc) is 3.42. The van der Waals surface area contributed by atoms with Gasteiger partial charge >= 0.3 is 5.97 Å². The zero-order chi connectivity index (χ0) is 60.4. The number of primary amides is 2. The summed E-state index contributed by atoms with van der Waals surface area (Å²) in [6.07, 6.45) is 0.929. The summed E-state index contributed by atoms with van der Waals surface area (Å²) >= 11 is 4.26. The van der Waals surface area contributed by atoms with Crippen molar-refractivity contribution in [3.05, 3.63) is 70.8 Å². The van der Waals surface area contributed by atoms with Crippen LogP contribution in [0.1, 0.15) is 107 Å². The first kappa shape index (κ1) is 65.7. The smallest absolute Gasteiger partial charge is 0.309 e. The number of aliphatic hydroxyl groups is 1. The van der Waals surface area contributed by atoms with Gasteiger partial charge in [0.25, 0.3) is 0 Å². The highest BCUT2D eigenvalue weighted by atomic mass is 32.2. The van der Waals surface area contributed by atoms with Gasteiger partial charge in [-0.05, 0) is 74.1 Å². The van der Waals surface area contributed by atoms with Crippen molar-refractivity contribution in [3.63, 3.8) is 0 Å². The van der Waals surface area contributed by atoms with Crippen molar-refractivity contribution in [2.45, 2.75) is 162 Å². The summed E-state index contributed by atoms with van der Waals surface area (Å²) in [5, 5.41) is 36.7. The molecule has 2 bridgehead atoms. The normalized spacial score (nSPS) is 26.4. The lowest BCUT2D eigenvalue weighted by molar-refractivity contribution is -0.148. The summed E-state index contributed by atoms with van der Waals surface area (Å²) in [4.78, 5) is 155. The van der Waals surface area contributed by atoms with Gasteiger partial charge in [-0.15, -0.1) is 0 Å². The van der Waals surface area contributed by atoms with Crippen LogP contribution < -0.4 is 49.1 Å². The molecular weight excluding hydrogens is 1130 g/mol. The molecule has 454 valence electrons.